The van der Waals surface area contributed by atoms with Crippen molar-refractivity contribution >= 4 is 33.0 Å². The Morgan fingerprint density at radius 1 is 1.39 bits per heavy atom. The first kappa shape index (κ1) is 12.7. The molecule has 7 nitrogen and oxygen atoms in total. The highest BCUT2D eigenvalue weighted by atomic mass is 32.2. The summed E-state index contributed by atoms with van der Waals surface area (Å²) < 4.78 is 25.5. The third-order valence-electron chi connectivity index (χ3n) is 2.45. The molecule has 1 fully saturated rings. The van der Waals surface area contributed by atoms with Gasteiger partial charge in [-0.05, 0) is 18.3 Å². The highest BCUT2D eigenvalue weighted by molar-refractivity contribution is 7.91. The number of nitrogens with one attached hydrogen (secondary N) is 1. The molecule has 0 radical (unpaired) electrons. The molecule has 18 heavy (non-hydrogen) atoms. The lowest BCUT2D eigenvalue weighted by Crippen LogP contribution is -2.34. The lowest BCUT2D eigenvalue weighted by atomic mass is 10.3. The van der Waals surface area contributed by atoms with Crippen molar-refractivity contribution in [2.75, 3.05) is 13.1 Å². The number of para-hydroxylation sites is 1. The van der Waals surface area contributed by atoms with E-state index in [-0.39, 0.29) is 16.6 Å². The van der Waals surface area contributed by atoms with Gasteiger partial charge in [-0.3, -0.25) is 10.1 Å². The number of hydrogen-bond acceptors (Lipinski definition) is 5. The number of benzene rings is 1. The van der Waals surface area contributed by atoms with Crippen molar-refractivity contribution in [3.05, 3.63) is 34.4 Å². The quantitative estimate of drug-likeness (QED) is 0.493. The van der Waals surface area contributed by atoms with E-state index in [0.29, 0.717) is 6.54 Å². The molecule has 2 rings (SSSR count). The Labute approximate surface area is 109 Å². The highest BCUT2D eigenvalue weighted by Gasteiger charge is 2.34. The van der Waals surface area contributed by atoms with Crippen molar-refractivity contribution in [1.29, 1.82) is 0 Å². The molecular weight excluding hydrogens is 278 g/mol. The largest absolute Gasteiger partial charge is 0.360 e. The third-order valence-corrected chi connectivity index (χ3v) is 4.77. The van der Waals surface area contributed by atoms with E-state index >= 15 is 0 Å². The lowest BCUT2D eigenvalue weighted by molar-refractivity contribution is -0.387. The smallest absolute Gasteiger partial charge is 0.289 e. The number of thiocarbonyl (C=S) groups is 1. The van der Waals surface area contributed by atoms with Crippen molar-refractivity contribution in [2.24, 2.45) is 0 Å². The molecule has 1 heterocycles. The van der Waals surface area contributed by atoms with Gasteiger partial charge >= 0.3 is 0 Å². The highest BCUT2D eigenvalue weighted by Crippen LogP contribution is 2.26. The van der Waals surface area contributed by atoms with E-state index in [0.717, 1.165) is 10.4 Å². The van der Waals surface area contributed by atoms with Crippen LogP contribution in [0.1, 0.15) is 0 Å². The minimum atomic E-state index is -3.98. The van der Waals surface area contributed by atoms with Gasteiger partial charge in [-0.1, -0.05) is 12.1 Å². The van der Waals surface area contributed by atoms with Crippen molar-refractivity contribution in [3.8, 4) is 0 Å². The summed E-state index contributed by atoms with van der Waals surface area (Å²) in [5.41, 5.74) is -0.452. The molecule has 96 valence electrons. The van der Waals surface area contributed by atoms with Gasteiger partial charge in [0.05, 0.1) is 11.5 Å². The number of nitro benzene ring substituents is 1. The van der Waals surface area contributed by atoms with Crippen LogP contribution in [0.2, 0.25) is 0 Å². The van der Waals surface area contributed by atoms with E-state index in [2.05, 4.69) is 5.32 Å². The molecule has 1 saturated heterocycles. The summed E-state index contributed by atoms with van der Waals surface area (Å²) in [5, 5.41) is 13.6. The van der Waals surface area contributed by atoms with Crippen LogP contribution < -0.4 is 5.32 Å². The molecule has 0 unspecified atom stereocenters. The Morgan fingerprint density at radius 2 is 2.06 bits per heavy atom. The Bertz CT molecular complexity index is 614. The predicted molar refractivity (Wildman–Crippen MR) is 67.6 cm³/mol. The van der Waals surface area contributed by atoms with Crippen LogP contribution in [0.25, 0.3) is 0 Å². The van der Waals surface area contributed by atoms with Crippen molar-refractivity contribution < 1.29 is 13.3 Å². The summed E-state index contributed by atoms with van der Waals surface area (Å²) in [6.07, 6.45) is 0. The van der Waals surface area contributed by atoms with Crippen LogP contribution in [0, 0.1) is 10.1 Å². The Balaban J connectivity index is 2.54. The van der Waals surface area contributed by atoms with Gasteiger partial charge in [0.2, 0.25) is 0 Å². The lowest BCUT2D eigenvalue weighted by Gasteiger charge is -2.16. The standard InChI is InChI=1S/C9H9N3O4S2/c13-12(14)7-3-1-2-4-8(7)18(15,16)11-6-5-10-9(11)17/h1-4H,5-6H2,(H,10,17). The summed E-state index contributed by atoms with van der Waals surface area (Å²) in [7, 11) is -3.98. The first-order valence-electron chi connectivity index (χ1n) is 4.98. The number of hydrogen-bond donors (Lipinski definition) is 1. The van der Waals surface area contributed by atoms with Crippen molar-refractivity contribution in [1.82, 2.24) is 9.62 Å². The van der Waals surface area contributed by atoms with Gasteiger partial charge in [0.15, 0.2) is 10.0 Å². The number of nitro groups is 1. The number of sulfonamides is 1. The maximum Gasteiger partial charge on any atom is 0.289 e. The van der Waals surface area contributed by atoms with E-state index in [1.165, 1.54) is 18.2 Å². The van der Waals surface area contributed by atoms with Crippen LogP contribution in [-0.2, 0) is 10.0 Å². The SMILES string of the molecule is O=[N+]([O-])c1ccccc1S(=O)(=O)N1CCNC1=S. The second kappa shape index (κ2) is 4.50. The first-order valence-corrected chi connectivity index (χ1v) is 6.83. The second-order valence-corrected chi connectivity index (χ2v) is 5.75. The topological polar surface area (TPSA) is 92.5 Å². The van der Waals surface area contributed by atoms with Crippen LogP contribution >= 0.6 is 12.2 Å². The molecular formula is C9H9N3O4S2. The van der Waals surface area contributed by atoms with Gasteiger partial charge in [0.25, 0.3) is 15.7 Å². The zero-order valence-corrected chi connectivity index (χ0v) is 10.7. The molecule has 1 aliphatic rings. The van der Waals surface area contributed by atoms with Gasteiger partial charge in [0.1, 0.15) is 0 Å². The molecule has 1 aliphatic heterocycles. The van der Waals surface area contributed by atoms with E-state index in [1.54, 1.807) is 0 Å². The molecule has 0 bridgehead atoms. The zero-order valence-electron chi connectivity index (χ0n) is 9.07. The fourth-order valence-electron chi connectivity index (χ4n) is 1.63. The zero-order chi connectivity index (χ0) is 13.3. The van der Waals surface area contributed by atoms with Gasteiger partial charge in [-0.15, -0.1) is 0 Å². The molecule has 1 aromatic rings. The summed E-state index contributed by atoms with van der Waals surface area (Å²) in [6.45, 7) is 0.575. The second-order valence-electron chi connectivity index (χ2n) is 3.53. The molecule has 0 aromatic heterocycles. The molecule has 0 amide bonds. The Morgan fingerprint density at radius 3 is 2.61 bits per heavy atom. The average molecular weight is 287 g/mol. The summed E-state index contributed by atoms with van der Waals surface area (Å²) in [6, 6.07) is 5.21. The fourth-order valence-corrected chi connectivity index (χ4v) is 3.63. The van der Waals surface area contributed by atoms with Crippen molar-refractivity contribution in [2.45, 2.75) is 4.90 Å². The van der Waals surface area contributed by atoms with E-state index in [1.807, 2.05) is 0 Å². The fraction of sp³-hybridized carbons (Fsp3) is 0.222. The van der Waals surface area contributed by atoms with Gasteiger partial charge in [0, 0.05) is 12.6 Å². The molecule has 0 aliphatic carbocycles. The first-order chi connectivity index (χ1) is 8.44. The maximum absolute atomic E-state index is 12.3. The van der Waals surface area contributed by atoms with Crippen LogP contribution in [0.5, 0.6) is 0 Å². The average Bonchev–Trinajstić information content (AvgIpc) is 2.76. The summed E-state index contributed by atoms with van der Waals surface area (Å²) in [5.74, 6) is 0. The molecule has 0 saturated carbocycles. The number of nitrogens with zero attached hydrogens (tertiary/aromatic N) is 2. The third kappa shape index (κ3) is 2.02. The van der Waals surface area contributed by atoms with Crippen LogP contribution in [0.15, 0.2) is 29.2 Å². The van der Waals surface area contributed by atoms with E-state index < -0.39 is 20.6 Å². The number of rotatable bonds is 3. The van der Waals surface area contributed by atoms with E-state index in [9.17, 15) is 18.5 Å². The molecule has 9 heteroatoms. The van der Waals surface area contributed by atoms with Crippen molar-refractivity contribution in [3.63, 3.8) is 0 Å². The maximum atomic E-state index is 12.3. The molecule has 1 N–H and O–H groups in total. The summed E-state index contributed by atoms with van der Waals surface area (Å²) in [4.78, 5) is 9.77. The van der Waals surface area contributed by atoms with Gasteiger partial charge < -0.3 is 5.32 Å². The van der Waals surface area contributed by atoms with E-state index in [4.69, 9.17) is 12.2 Å². The van der Waals surface area contributed by atoms with Gasteiger partial charge in [-0.2, -0.15) is 0 Å². The van der Waals surface area contributed by atoms with Crippen LogP contribution in [0.3, 0.4) is 0 Å². The van der Waals surface area contributed by atoms with Gasteiger partial charge in [-0.25, -0.2) is 12.7 Å². The summed E-state index contributed by atoms with van der Waals surface area (Å²) >= 11 is 4.86. The normalized spacial score (nSPS) is 15.6. The Kier molecular flexibility index (Phi) is 3.18. The minimum Gasteiger partial charge on any atom is -0.360 e. The minimum absolute atomic E-state index is 0.0631. The van der Waals surface area contributed by atoms with Crippen LogP contribution in [0.4, 0.5) is 5.69 Å². The molecule has 1 aromatic carbocycles. The predicted octanol–water partition coefficient (Wildman–Crippen LogP) is 0.474. The Hall–Kier alpha value is -1.74. The van der Waals surface area contributed by atoms with Crippen LogP contribution in [-0.4, -0.2) is 35.8 Å². The molecule has 0 spiro atoms. The molecule has 0 atom stereocenters. The monoisotopic (exact) mass is 287 g/mol.